The average molecular weight is 267 g/mol. The second kappa shape index (κ2) is 5.02. The zero-order chi connectivity index (χ0) is 13.3. The number of aromatic carboxylic acids is 1. The predicted molar refractivity (Wildman–Crippen MR) is 74.3 cm³/mol. The summed E-state index contributed by atoms with van der Waals surface area (Å²) in [7, 11) is 0. The van der Waals surface area contributed by atoms with E-state index in [9.17, 15) is 4.79 Å². The maximum absolute atomic E-state index is 10.9. The van der Waals surface area contributed by atoms with Crippen molar-refractivity contribution >= 4 is 17.3 Å². The van der Waals surface area contributed by atoms with Crippen molar-refractivity contribution in [3.63, 3.8) is 0 Å². The molecule has 100 valence electrons. The fourth-order valence-corrected chi connectivity index (χ4v) is 3.55. The highest BCUT2D eigenvalue weighted by Crippen LogP contribution is 2.37. The van der Waals surface area contributed by atoms with Gasteiger partial charge in [-0.15, -0.1) is 11.3 Å². The van der Waals surface area contributed by atoms with Gasteiger partial charge in [0.2, 0.25) is 0 Å². The molecule has 1 heterocycles. The summed E-state index contributed by atoms with van der Waals surface area (Å²) in [4.78, 5) is 12.5. The third kappa shape index (κ3) is 3.12. The molecule has 1 aromatic rings. The van der Waals surface area contributed by atoms with Gasteiger partial charge < -0.3 is 10.4 Å². The summed E-state index contributed by atoms with van der Waals surface area (Å²) >= 11 is 1.37. The molecule has 0 aromatic carbocycles. The van der Waals surface area contributed by atoms with Crippen molar-refractivity contribution in [1.29, 1.82) is 0 Å². The van der Waals surface area contributed by atoms with Gasteiger partial charge in [0.25, 0.3) is 0 Å². The molecule has 0 aliphatic heterocycles. The number of nitrogens with one attached hydrogen (secondary N) is 1. The zero-order valence-corrected chi connectivity index (χ0v) is 12.1. The van der Waals surface area contributed by atoms with Gasteiger partial charge in [-0.2, -0.15) is 0 Å². The topological polar surface area (TPSA) is 49.3 Å². The van der Waals surface area contributed by atoms with Crippen LogP contribution in [0.3, 0.4) is 0 Å². The first kappa shape index (κ1) is 13.6. The number of thiophene rings is 1. The van der Waals surface area contributed by atoms with E-state index in [1.165, 1.54) is 30.6 Å². The fraction of sp³-hybridized carbons (Fsp3) is 0.643. The van der Waals surface area contributed by atoms with Gasteiger partial charge in [0.15, 0.2) is 0 Å². The maximum atomic E-state index is 10.9. The predicted octanol–water partition coefficient (Wildman–Crippen LogP) is 3.42. The molecular formula is C14H21NO2S. The van der Waals surface area contributed by atoms with Crippen molar-refractivity contribution in [3.8, 4) is 0 Å². The largest absolute Gasteiger partial charge is 0.477 e. The van der Waals surface area contributed by atoms with E-state index in [2.05, 4.69) is 19.2 Å². The Hall–Kier alpha value is -0.870. The first-order valence-electron chi connectivity index (χ1n) is 6.43. The quantitative estimate of drug-likeness (QED) is 0.878. The molecule has 2 rings (SSSR count). The van der Waals surface area contributed by atoms with E-state index in [4.69, 9.17) is 5.11 Å². The van der Waals surface area contributed by atoms with Crippen LogP contribution in [0, 0.1) is 12.3 Å². The SMILES string of the molecule is Cc1sc(C(=O)O)cc1CNC1CCC(C)(C)C1. The van der Waals surface area contributed by atoms with Crippen LogP contribution >= 0.6 is 11.3 Å². The van der Waals surface area contributed by atoms with E-state index < -0.39 is 5.97 Å². The van der Waals surface area contributed by atoms with Gasteiger partial charge in [-0.05, 0) is 43.2 Å². The third-order valence-corrected chi connectivity index (χ3v) is 4.86. The number of aryl methyl sites for hydroxylation is 1. The highest BCUT2D eigenvalue weighted by molar-refractivity contribution is 7.14. The third-order valence-electron chi connectivity index (χ3n) is 3.78. The van der Waals surface area contributed by atoms with Crippen molar-refractivity contribution in [2.24, 2.45) is 5.41 Å². The lowest BCUT2D eigenvalue weighted by Crippen LogP contribution is -2.26. The van der Waals surface area contributed by atoms with E-state index in [1.807, 2.05) is 6.92 Å². The maximum Gasteiger partial charge on any atom is 0.345 e. The number of hydrogen-bond donors (Lipinski definition) is 2. The molecule has 0 radical (unpaired) electrons. The summed E-state index contributed by atoms with van der Waals surface area (Å²) in [5, 5.41) is 12.5. The Morgan fingerprint density at radius 2 is 2.33 bits per heavy atom. The van der Waals surface area contributed by atoms with Crippen LogP contribution in [0.25, 0.3) is 0 Å². The molecule has 1 aromatic heterocycles. The van der Waals surface area contributed by atoms with Crippen LogP contribution in [-0.2, 0) is 6.54 Å². The summed E-state index contributed by atoms with van der Waals surface area (Å²) in [5.41, 5.74) is 1.58. The standard InChI is InChI=1S/C14H21NO2S/c1-9-10(6-12(18-9)13(16)17)8-15-11-4-5-14(2,3)7-11/h6,11,15H,4-5,7-8H2,1-3H3,(H,16,17). The second-order valence-electron chi connectivity index (χ2n) is 5.98. The lowest BCUT2D eigenvalue weighted by atomic mass is 9.92. The number of hydrogen-bond acceptors (Lipinski definition) is 3. The summed E-state index contributed by atoms with van der Waals surface area (Å²) in [5.74, 6) is -0.823. The van der Waals surface area contributed by atoms with Crippen LogP contribution in [0.2, 0.25) is 0 Å². The Kier molecular flexibility index (Phi) is 3.78. The van der Waals surface area contributed by atoms with Crippen LogP contribution < -0.4 is 5.32 Å². The van der Waals surface area contributed by atoms with E-state index in [1.54, 1.807) is 6.07 Å². The van der Waals surface area contributed by atoms with E-state index >= 15 is 0 Å². The second-order valence-corrected chi connectivity index (χ2v) is 7.24. The molecule has 1 unspecified atom stereocenters. The minimum Gasteiger partial charge on any atom is -0.477 e. The van der Waals surface area contributed by atoms with Crippen LogP contribution in [-0.4, -0.2) is 17.1 Å². The number of carboxylic acids is 1. The van der Waals surface area contributed by atoms with E-state index in [-0.39, 0.29) is 0 Å². The van der Waals surface area contributed by atoms with Crippen molar-refractivity contribution in [2.45, 2.75) is 52.6 Å². The number of rotatable bonds is 4. The van der Waals surface area contributed by atoms with Crippen molar-refractivity contribution in [3.05, 3.63) is 21.4 Å². The minimum absolute atomic E-state index is 0.441. The molecule has 1 fully saturated rings. The molecular weight excluding hydrogens is 246 g/mol. The first-order chi connectivity index (χ1) is 8.37. The molecule has 1 atom stereocenters. The molecule has 18 heavy (non-hydrogen) atoms. The summed E-state index contributed by atoms with van der Waals surface area (Å²) < 4.78 is 0. The zero-order valence-electron chi connectivity index (χ0n) is 11.2. The van der Waals surface area contributed by atoms with Crippen molar-refractivity contribution in [1.82, 2.24) is 5.32 Å². The molecule has 1 aliphatic carbocycles. The summed E-state index contributed by atoms with van der Waals surface area (Å²) in [6.45, 7) is 7.41. The molecule has 1 aliphatic rings. The lowest BCUT2D eigenvalue weighted by Gasteiger charge is -2.17. The molecule has 4 heteroatoms. The monoisotopic (exact) mass is 267 g/mol. The molecule has 0 bridgehead atoms. The van der Waals surface area contributed by atoms with Crippen molar-refractivity contribution < 1.29 is 9.90 Å². The summed E-state index contributed by atoms with van der Waals surface area (Å²) in [6.07, 6.45) is 3.71. The van der Waals surface area contributed by atoms with Crippen LogP contribution in [0.5, 0.6) is 0 Å². The Bertz CT molecular complexity index is 451. The van der Waals surface area contributed by atoms with E-state index in [0.29, 0.717) is 16.3 Å². The van der Waals surface area contributed by atoms with Crippen LogP contribution in [0.1, 0.15) is 53.2 Å². The number of carboxylic acid groups (broad SMARTS) is 1. The van der Waals surface area contributed by atoms with Gasteiger partial charge in [-0.1, -0.05) is 13.8 Å². The summed E-state index contributed by atoms with van der Waals surface area (Å²) in [6, 6.07) is 2.38. The minimum atomic E-state index is -0.823. The van der Waals surface area contributed by atoms with Gasteiger partial charge in [-0.3, -0.25) is 0 Å². The Balaban J connectivity index is 1.93. The highest BCUT2D eigenvalue weighted by Gasteiger charge is 2.30. The normalized spacial score (nSPS) is 22.3. The average Bonchev–Trinajstić information content (AvgIpc) is 2.79. The Morgan fingerprint density at radius 3 is 2.83 bits per heavy atom. The molecule has 2 N–H and O–H groups in total. The van der Waals surface area contributed by atoms with Crippen LogP contribution in [0.4, 0.5) is 0 Å². The lowest BCUT2D eigenvalue weighted by molar-refractivity contribution is 0.0702. The van der Waals surface area contributed by atoms with Crippen LogP contribution in [0.15, 0.2) is 6.07 Å². The molecule has 0 amide bonds. The first-order valence-corrected chi connectivity index (χ1v) is 7.25. The molecule has 1 saturated carbocycles. The Morgan fingerprint density at radius 1 is 1.61 bits per heavy atom. The molecule has 0 saturated heterocycles. The van der Waals surface area contributed by atoms with Crippen molar-refractivity contribution in [2.75, 3.05) is 0 Å². The van der Waals surface area contributed by atoms with Gasteiger partial charge in [0.05, 0.1) is 0 Å². The fourth-order valence-electron chi connectivity index (χ4n) is 2.67. The highest BCUT2D eigenvalue weighted by atomic mass is 32.1. The van der Waals surface area contributed by atoms with E-state index in [0.717, 1.165) is 17.0 Å². The van der Waals surface area contributed by atoms with Gasteiger partial charge in [0.1, 0.15) is 4.88 Å². The Labute approximate surface area is 112 Å². The smallest absolute Gasteiger partial charge is 0.345 e. The van der Waals surface area contributed by atoms with Gasteiger partial charge >= 0.3 is 5.97 Å². The molecule has 3 nitrogen and oxygen atoms in total. The molecule has 0 spiro atoms. The number of carbonyl (C=O) groups is 1. The van der Waals surface area contributed by atoms with Gasteiger partial charge in [-0.25, -0.2) is 4.79 Å². The van der Waals surface area contributed by atoms with Gasteiger partial charge in [0, 0.05) is 17.5 Å².